The second kappa shape index (κ2) is 3.56. The van der Waals surface area contributed by atoms with E-state index in [0.717, 1.165) is 9.86 Å². The molecule has 0 bridgehead atoms. The highest BCUT2D eigenvalue weighted by atomic mass is 79.9. The Hall–Kier alpha value is -1.11. The van der Waals surface area contributed by atoms with Gasteiger partial charge in [0.15, 0.2) is 0 Å². The van der Waals surface area contributed by atoms with E-state index in [1.807, 2.05) is 6.07 Å². The van der Waals surface area contributed by atoms with Gasteiger partial charge in [-0.15, -0.1) is 0 Å². The van der Waals surface area contributed by atoms with Gasteiger partial charge in [0.2, 0.25) is 0 Å². The average Bonchev–Trinajstić information content (AvgIpc) is 2.19. The Kier molecular flexibility index (Phi) is 2.40. The van der Waals surface area contributed by atoms with E-state index in [1.165, 1.54) is 0 Å². The van der Waals surface area contributed by atoms with Gasteiger partial charge in [-0.3, -0.25) is 4.98 Å². The number of hydrogen-bond donors (Lipinski definition) is 0. The van der Waals surface area contributed by atoms with Crippen LogP contribution in [0.2, 0.25) is 5.02 Å². The summed E-state index contributed by atoms with van der Waals surface area (Å²) in [5.74, 6) is 0. The first-order chi connectivity index (χ1) is 6.72. The molecule has 0 aliphatic carbocycles. The van der Waals surface area contributed by atoms with Crippen LogP contribution < -0.4 is 0 Å². The SMILES string of the molecule is N#Cc1ccc(Cl)c2cc(Br)cnc12. The van der Waals surface area contributed by atoms with Gasteiger partial charge in [0.05, 0.1) is 16.1 Å². The summed E-state index contributed by atoms with van der Waals surface area (Å²) in [7, 11) is 0. The van der Waals surface area contributed by atoms with Crippen molar-refractivity contribution in [1.29, 1.82) is 5.26 Å². The van der Waals surface area contributed by atoms with Gasteiger partial charge in [-0.1, -0.05) is 11.6 Å². The van der Waals surface area contributed by atoms with Crippen LogP contribution in [-0.4, -0.2) is 4.98 Å². The van der Waals surface area contributed by atoms with Gasteiger partial charge in [-0.2, -0.15) is 5.26 Å². The Morgan fingerprint density at radius 3 is 2.93 bits per heavy atom. The Bertz CT molecular complexity index is 546. The molecule has 1 heterocycles. The largest absolute Gasteiger partial charge is 0.254 e. The fourth-order valence-corrected chi connectivity index (χ4v) is 1.79. The quantitative estimate of drug-likeness (QED) is 0.732. The minimum absolute atomic E-state index is 0.539. The molecule has 2 nitrogen and oxygen atoms in total. The number of nitrogens with zero attached hydrogens (tertiary/aromatic N) is 2. The van der Waals surface area contributed by atoms with E-state index in [9.17, 15) is 0 Å². The topological polar surface area (TPSA) is 36.7 Å². The zero-order valence-corrected chi connectivity index (χ0v) is 9.30. The molecule has 2 rings (SSSR count). The number of hydrogen-bond acceptors (Lipinski definition) is 2. The van der Waals surface area contributed by atoms with Gasteiger partial charge in [0.1, 0.15) is 6.07 Å². The summed E-state index contributed by atoms with van der Waals surface area (Å²) in [6, 6.07) is 7.31. The molecule has 0 aliphatic rings. The minimum atomic E-state index is 0.539. The first kappa shape index (κ1) is 9.45. The molecule has 14 heavy (non-hydrogen) atoms. The third-order valence-electron chi connectivity index (χ3n) is 1.88. The monoisotopic (exact) mass is 266 g/mol. The lowest BCUT2D eigenvalue weighted by molar-refractivity contribution is 1.37. The lowest BCUT2D eigenvalue weighted by atomic mass is 10.1. The predicted molar refractivity (Wildman–Crippen MR) is 59.2 cm³/mol. The first-order valence-electron chi connectivity index (χ1n) is 3.86. The van der Waals surface area contributed by atoms with Crippen molar-refractivity contribution >= 4 is 38.4 Å². The summed E-state index contributed by atoms with van der Waals surface area (Å²) in [6.07, 6.45) is 1.65. The van der Waals surface area contributed by atoms with Gasteiger partial charge in [-0.25, -0.2) is 0 Å². The van der Waals surface area contributed by atoms with Crippen LogP contribution in [0.3, 0.4) is 0 Å². The van der Waals surface area contributed by atoms with E-state index in [1.54, 1.807) is 18.3 Å². The van der Waals surface area contributed by atoms with Crippen LogP contribution in [0.15, 0.2) is 28.9 Å². The maximum atomic E-state index is 8.85. The molecule has 0 saturated carbocycles. The van der Waals surface area contributed by atoms with Crippen molar-refractivity contribution in [3.8, 4) is 6.07 Å². The molecule has 0 aliphatic heterocycles. The van der Waals surface area contributed by atoms with E-state index in [4.69, 9.17) is 16.9 Å². The number of halogens is 2. The summed E-state index contributed by atoms with van der Waals surface area (Å²) >= 11 is 9.30. The third kappa shape index (κ3) is 1.47. The number of pyridine rings is 1. The van der Waals surface area contributed by atoms with Gasteiger partial charge in [-0.05, 0) is 34.1 Å². The maximum Gasteiger partial charge on any atom is 0.101 e. The molecule has 0 fully saturated rings. The molecule has 2 aromatic rings. The van der Waals surface area contributed by atoms with Crippen LogP contribution in [-0.2, 0) is 0 Å². The van der Waals surface area contributed by atoms with Crippen LogP contribution >= 0.6 is 27.5 Å². The fraction of sp³-hybridized carbons (Fsp3) is 0. The molecule has 0 N–H and O–H groups in total. The third-order valence-corrected chi connectivity index (χ3v) is 2.65. The number of fused-ring (bicyclic) bond motifs is 1. The van der Waals surface area contributed by atoms with E-state index in [2.05, 4.69) is 27.0 Å². The fourth-order valence-electron chi connectivity index (χ4n) is 1.25. The van der Waals surface area contributed by atoms with E-state index in [-0.39, 0.29) is 0 Å². The summed E-state index contributed by atoms with van der Waals surface area (Å²) in [5, 5.41) is 10.2. The van der Waals surface area contributed by atoms with Gasteiger partial charge < -0.3 is 0 Å². The second-order valence-corrected chi connectivity index (χ2v) is 4.08. The molecule has 0 radical (unpaired) electrons. The van der Waals surface area contributed by atoms with Gasteiger partial charge in [0.25, 0.3) is 0 Å². The molecule has 0 spiro atoms. The summed E-state index contributed by atoms with van der Waals surface area (Å²) in [4.78, 5) is 4.16. The number of nitriles is 1. The smallest absolute Gasteiger partial charge is 0.101 e. The van der Waals surface area contributed by atoms with Crippen LogP contribution in [0.5, 0.6) is 0 Å². The standard InChI is InChI=1S/C10H4BrClN2/c11-7-3-8-9(12)2-1-6(4-13)10(8)14-5-7/h1-3,5H. The molecule has 68 valence electrons. The number of benzene rings is 1. The highest BCUT2D eigenvalue weighted by Gasteiger charge is 2.05. The van der Waals surface area contributed by atoms with E-state index in [0.29, 0.717) is 16.1 Å². The molecule has 0 saturated heterocycles. The lowest BCUT2D eigenvalue weighted by Gasteiger charge is -2.01. The number of aromatic nitrogens is 1. The lowest BCUT2D eigenvalue weighted by Crippen LogP contribution is -1.85. The van der Waals surface area contributed by atoms with Crippen LogP contribution in [0.25, 0.3) is 10.9 Å². The maximum absolute atomic E-state index is 8.85. The Morgan fingerprint density at radius 1 is 1.43 bits per heavy atom. The van der Waals surface area contributed by atoms with Crippen molar-refractivity contribution in [2.24, 2.45) is 0 Å². The van der Waals surface area contributed by atoms with Gasteiger partial charge in [0, 0.05) is 16.1 Å². The van der Waals surface area contributed by atoms with E-state index < -0.39 is 0 Å². The summed E-state index contributed by atoms with van der Waals surface area (Å²) in [5.41, 5.74) is 1.18. The highest BCUT2D eigenvalue weighted by molar-refractivity contribution is 9.10. The van der Waals surface area contributed by atoms with Crippen LogP contribution in [0.4, 0.5) is 0 Å². The minimum Gasteiger partial charge on any atom is -0.254 e. The predicted octanol–water partition coefficient (Wildman–Crippen LogP) is 3.52. The van der Waals surface area contributed by atoms with Crippen molar-refractivity contribution in [1.82, 2.24) is 4.98 Å². The van der Waals surface area contributed by atoms with Crippen LogP contribution in [0, 0.1) is 11.3 Å². The normalized spacial score (nSPS) is 10.1. The zero-order valence-electron chi connectivity index (χ0n) is 6.96. The van der Waals surface area contributed by atoms with Crippen molar-refractivity contribution in [2.75, 3.05) is 0 Å². The van der Waals surface area contributed by atoms with E-state index >= 15 is 0 Å². The highest BCUT2D eigenvalue weighted by Crippen LogP contribution is 2.26. The van der Waals surface area contributed by atoms with Crippen molar-refractivity contribution in [3.63, 3.8) is 0 Å². The first-order valence-corrected chi connectivity index (χ1v) is 5.03. The molecular weight excluding hydrogens is 263 g/mol. The Labute approximate surface area is 94.3 Å². The molecule has 0 unspecified atom stereocenters. The zero-order chi connectivity index (χ0) is 10.1. The Morgan fingerprint density at radius 2 is 2.21 bits per heavy atom. The molecule has 1 aromatic carbocycles. The molecule has 1 aromatic heterocycles. The average molecular weight is 268 g/mol. The summed E-state index contributed by atoms with van der Waals surface area (Å²) < 4.78 is 0.849. The molecule has 0 amide bonds. The number of rotatable bonds is 0. The van der Waals surface area contributed by atoms with Crippen molar-refractivity contribution in [3.05, 3.63) is 39.5 Å². The second-order valence-electron chi connectivity index (χ2n) is 2.76. The Balaban J connectivity index is 2.93. The molecule has 0 atom stereocenters. The van der Waals surface area contributed by atoms with Crippen molar-refractivity contribution in [2.45, 2.75) is 0 Å². The molecule has 4 heteroatoms. The summed E-state index contributed by atoms with van der Waals surface area (Å²) in [6.45, 7) is 0. The van der Waals surface area contributed by atoms with Crippen molar-refractivity contribution < 1.29 is 0 Å². The van der Waals surface area contributed by atoms with Crippen LogP contribution in [0.1, 0.15) is 5.56 Å². The van der Waals surface area contributed by atoms with Gasteiger partial charge >= 0.3 is 0 Å². The molecular formula is C10H4BrClN2.